The van der Waals surface area contributed by atoms with Gasteiger partial charge in [0, 0.05) is 28.6 Å². The van der Waals surface area contributed by atoms with Gasteiger partial charge in [-0.25, -0.2) is 0 Å². The van der Waals surface area contributed by atoms with Gasteiger partial charge in [-0.05, 0) is 61.0 Å². The third kappa shape index (κ3) is 3.57. The van der Waals surface area contributed by atoms with Crippen molar-refractivity contribution in [3.63, 3.8) is 0 Å². The summed E-state index contributed by atoms with van der Waals surface area (Å²) in [6, 6.07) is 17.4. The van der Waals surface area contributed by atoms with Gasteiger partial charge in [0.1, 0.15) is 0 Å². The maximum absolute atomic E-state index is 12.1. The van der Waals surface area contributed by atoms with Crippen LogP contribution in [-0.4, -0.2) is 35.2 Å². The maximum atomic E-state index is 12.1. The molecule has 0 spiro atoms. The van der Waals surface area contributed by atoms with Crippen LogP contribution in [-0.2, 0) is 4.74 Å². The molecule has 146 valence electrons. The summed E-state index contributed by atoms with van der Waals surface area (Å²) in [7, 11) is 0. The fraction of sp³-hybridized carbons (Fsp3) is 0.174. The SMILES string of the molecule is CCNC(=O)c1ccc2cc(-c3n[nH]c4ccc(C(=N)OCC)cc34)ccc2c1. The highest BCUT2D eigenvalue weighted by molar-refractivity contribution is 6.02. The van der Waals surface area contributed by atoms with E-state index >= 15 is 0 Å². The Morgan fingerprint density at radius 3 is 2.59 bits per heavy atom. The van der Waals surface area contributed by atoms with E-state index in [9.17, 15) is 4.79 Å². The number of nitrogens with one attached hydrogen (secondary N) is 3. The predicted octanol–water partition coefficient (Wildman–Crippen LogP) is 4.49. The molecule has 0 saturated heterocycles. The molecule has 0 aliphatic rings. The van der Waals surface area contributed by atoms with E-state index in [2.05, 4.69) is 21.6 Å². The molecule has 4 rings (SSSR count). The van der Waals surface area contributed by atoms with Crippen LogP contribution >= 0.6 is 0 Å². The first-order chi connectivity index (χ1) is 14.1. The van der Waals surface area contributed by atoms with E-state index in [0.29, 0.717) is 18.7 Å². The average Bonchev–Trinajstić information content (AvgIpc) is 3.16. The summed E-state index contributed by atoms with van der Waals surface area (Å²) in [6.45, 7) is 4.83. The van der Waals surface area contributed by atoms with Crippen LogP contribution in [0.1, 0.15) is 29.8 Å². The minimum absolute atomic E-state index is 0.0685. The number of aromatic amines is 1. The minimum atomic E-state index is -0.0685. The third-order valence-electron chi connectivity index (χ3n) is 4.83. The number of H-pyrrole nitrogens is 1. The second-order valence-corrected chi connectivity index (χ2v) is 6.73. The number of hydrogen-bond donors (Lipinski definition) is 3. The quantitative estimate of drug-likeness (QED) is 0.348. The van der Waals surface area contributed by atoms with Crippen molar-refractivity contribution in [3.8, 4) is 11.3 Å². The van der Waals surface area contributed by atoms with Gasteiger partial charge in [-0.15, -0.1) is 0 Å². The Bertz CT molecular complexity index is 1230. The zero-order chi connectivity index (χ0) is 20.4. The van der Waals surface area contributed by atoms with Crippen molar-refractivity contribution in [3.05, 3.63) is 65.7 Å². The first-order valence-electron chi connectivity index (χ1n) is 9.63. The first kappa shape index (κ1) is 18.7. The summed E-state index contributed by atoms with van der Waals surface area (Å²) in [5.74, 6) is 0.0824. The van der Waals surface area contributed by atoms with E-state index in [4.69, 9.17) is 10.1 Å². The fourth-order valence-electron chi connectivity index (χ4n) is 3.40. The van der Waals surface area contributed by atoms with E-state index < -0.39 is 0 Å². The Morgan fingerprint density at radius 2 is 1.79 bits per heavy atom. The van der Waals surface area contributed by atoms with E-state index in [-0.39, 0.29) is 11.8 Å². The molecule has 0 bridgehead atoms. The zero-order valence-electron chi connectivity index (χ0n) is 16.4. The molecular weight excluding hydrogens is 364 g/mol. The Labute approximate surface area is 168 Å². The van der Waals surface area contributed by atoms with Gasteiger partial charge in [0.05, 0.1) is 17.8 Å². The number of fused-ring (bicyclic) bond motifs is 2. The Hall–Kier alpha value is -3.67. The molecule has 1 amide bonds. The summed E-state index contributed by atoms with van der Waals surface area (Å²) in [5.41, 5.74) is 4.06. The Kier molecular flexibility index (Phi) is 4.99. The lowest BCUT2D eigenvalue weighted by atomic mass is 10.0. The predicted molar refractivity (Wildman–Crippen MR) is 115 cm³/mol. The molecule has 0 radical (unpaired) electrons. The van der Waals surface area contributed by atoms with Crippen LogP contribution in [0.15, 0.2) is 54.6 Å². The van der Waals surface area contributed by atoms with E-state index in [1.54, 1.807) is 0 Å². The zero-order valence-corrected chi connectivity index (χ0v) is 16.4. The number of rotatable bonds is 5. The smallest absolute Gasteiger partial charge is 0.251 e. The Balaban J connectivity index is 1.75. The van der Waals surface area contributed by atoms with Crippen molar-refractivity contribution in [1.82, 2.24) is 15.5 Å². The molecule has 29 heavy (non-hydrogen) atoms. The molecule has 0 atom stereocenters. The van der Waals surface area contributed by atoms with Gasteiger partial charge in [-0.3, -0.25) is 15.3 Å². The molecule has 0 saturated carbocycles. The van der Waals surface area contributed by atoms with Crippen LogP contribution in [0.25, 0.3) is 32.9 Å². The summed E-state index contributed by atoms with van der Waals surface area (Å²) in [4.78, 5) is 12.1. The van der Waals surface area contributed by atoms with Gasteiger partial charge in [-0.1, -0.05) is 18.2 Å². The summed E-state index contributed by atoms with van der Waals surface area (Å²) in [5, 5.41) is 21.4. The van der Waals surface area contributed by atoms with Crippen molar-refractivity contribution in [2.24, 2.45) is 0 Å². The number of ether oxygens (including phenoxy) is 1. The number of benzene rings is 3. The number of nitrogens with zero attached hydrogens (tertiary/aromatic N) is 1. The molecule has 0 aliphatic carbocycles. The summed E-state index contributed by atoms with van der Waals surface area (Å²) >= 11 is 0. The molecule has 0 aliphatic heterocycles. The highest BCUT2D eigenvalue weighted by Gasteiger charge is 2.12. The molecule has 1 aromatic heterocycles. The van der Waals surface area contributed by atoms with Gasteiger partial charge in [0.25, 0.3) is 5.91 Å². The fourth-order valence-corrected chi connectivity index (χ4v) is 3.40. The van der Waals surface area contributed by atoms with Gasteiger partial charge >= 0.3 is 0 Å². The lowest BCUT2D eigenvalue weighted by Gasteiger charge is -2.07. The van der Waals surface area contributed by atoms with Crippen LogP contribution in [0, 0.1) is 5.41 Å². The molecule has 1 heterocycles. The van der Waals surface area contributed by atoms with E-state index in [1.165, 1.54) is 0 Å². The normalized spacial score (nSPS) is 11.0. The van der Waals surface area contributed by atoms with Crippen molar-refractivity contribution in [2.75, 3.05) is 13.2 Å². The standard InChI is InChI=1S/C23H22N4O2/c1-3-25-23(28)18-8-6-14-11-16(7-5-15(14)12-18)21-19-13-17(22(24)29-4-2)9-10-20(19)26-27-21/h5-13,24H,3-4H2,1-2H3,(H,25,28)(H,26,27). The van der Waals surface area contributed by atoms with E-state index in [0.717, 1.165) is 38.5 Å². The number of hydrogen-bond acceptors (Lipinski definition) is 4. The molecular formula is C23H22N4O2. The molecule has 6 heteroatoms. The number of carbonyl (C=O) groups is 1. The molecule has 4 aromatic rings. The van der Waals surface area contributed by atoms with Crippen LogP contribution in [0.4, 0.5) is 0 Å². The largest absolute Gasteiger partial charge is 0.478 e. The summed E-state index contributed by atoms with van der Waals surface area (Å²) < 4.78 is 5.32. The van der Waals surface area contributed by atoms with Crippen molar-refractivity contribution in [2.45, 2.75) is 13.8 Å². The summed E-state index contributed by atoms with van der Waals surface area (Å²) in [6.07, 6.45) is 0. The maximum Gasteiger partial charge on any atom is 0.251 e. The molecule has 0 unspecified atom stereocenters. The van der Waals surface area contributed by atoms with Crippen molar-refractivity contribution < 1.29 is 9.53 Å². The minimum Gasteiger partial charge on any atom is -0.478 e. The van der Waals surface area contributed by atoms with Crippen LogP contribution in [0.3, 0.4) is 0 Å². The number of aromatic nitrogens is 2. The average molecular weight is 386 g/mol. The third-order valence-corrected chi connectivity index (χ3v) is 4.83. The highest BCUT2D eigenvalue weighted by Crippen LogP contribution is 2.30. The van der Waals surface area contributed by atoms with Gasteiger partial charge in [-0.2, -0.15) is 5.10 Å². The second-order valence-electron chi connectivity index (χ2n) is 6.73. The number of amides is 1. The molecule has 3 N–H and O–H groups in total. The topological polar surface area (TPSA) is 90.9 Å². The molecule has 6 nitrogen and oxygen atoms in total. The highest BCUT2D eigenvalue weighted by atomic mass is 16.5. The van der Waals surface area contributed by atoms with Gasteiger partial charge < -0.3 is 10.1 Å². The van der Waals surface area contributed by atoms with Gasteiger partial charge in [0.2, 0.25) is 5.90 Å². The van der Waals surface area contributed by atoms with Crippen LogP contribution in [0.2, 0.25) is 0 Å². The van der Waals surface area contributed by atoms with Crippen molar-refractivity contribution >= 4 is 33.5 Å². The monoisotopic (exact) mass is 386 g/mol. The molecule has 3 aromatic carbocycles. The second kappa shape index (κ2) is 7.75. The van der Waals surface area contributed by atoms with Crippen LogP contribution in [0.5, 0.6) is 0 Å². The number of carbonyl (C=O) groups excluding carboxylic acids is 1. The molecule has 0 fully saturated rings. The lowest BCUT2D eigenvalue weighted by Crippen LogP contribution is -2.22. The van der Waals surface area contributed by atoms with Crippen LogP contribution < -0.4 is 5.32 Å². The first-order valence-corrected chi connectivity index (χ1v) is 9.63. The van der Waals surface area contributed by atoms with Gasteiger partial charge in [0.15, 0.2) is 0 Å². The van der Waals surface area contributed by atoms with Crippen molar-refractivity contribution in [1.29, 1.82) is 5.41 Å². The Morgan fingerprint density at radius 1 is 1.03 bits per heavy atom. The lowest BCUT2D eigenvalue weighted by molar-refractivity contribution is 0.0956. The van der Waals surface area contributed by atoms with E-state index in [1.807, 2.05) is 62.4 Å².